The van der Waals surface area contributed by atoms with Crippen LogP contribution >= 0.6 is 27.5 Å². The summed E-state index contributed by atoms with van der Waals surface area (Å²) in [5.74, 6) is 0. The molecule has 19 heavy (non-hydrogen) atoms. The number of rotatable bonds is 6. The van der Waals surface area contributed by atoms with Gasteiger partial charge >= 0.3 is 0 Å². The molecule has 0 heterocycles. The smallest absolute Gasteiger partial charge is 0.243 e. The number of hydrogen-bond donors (Lipinski definition) is 2. The fourth-order valence-electron chi connectivity index (χ4n) is 1.80. The van der Waals surface area contributed by atoms with Crippen LogP contribution in [0.1, 0.15) is 26.7 Å². The summed E-state index contributed by atoms with van der Waals surface area (Å²) in [5.41, 5.74) is 5.08. The van der Waals surface area contributed by atoms with E-state index in [2.05, 4.69) is 20.7 Å². The molecule has 108 valence electrons. The topological polar surface area (TPSA) is 72.2 Å². The van der Waals surface area contributed by atoms with Crippen LogP contribution in [0.5, 0.6) is 0 Å². The van der Waals surface area contributed by atoms with Crippen molar-refractivity contribution in [3.63, 3.8) is 0 Å². The molecule has 1 aromatic rings. The quantitative estimate of drug-likeness (QED) is 0.810. The molecule has 0 aliphatic carbocycles. The number of hydrogen-bond acceptors (Lipinski definition) is 3. The van der Waals surface area contributed by atoms with Crippen molar-refractivity contribution < 1.29 is 8.42 Å². The Labute approximate surface area is 127 Å². The molecule has 1 rings (SSSR count). The highest BCUT2D eigenvalue weighted by atomic mass is 79.9. The minimum atomic E-state index is -3.72. The summed E-state index contributed by atoms with van der Waals surface area (Å²) < 4.78 is 28.1. The van der Waals surface area contributed by atoms with Gasteiger partial charge in [-0.15, -0.1) is 0 Å². The van der Waals surface area contributed by atoms with Gasteiger partial charge < -0.3 is 5.73 Å². The standard InChI is InChI=1S/C12H18BrClN2O2S/c1-3-12(4-2,8-15)16-19(17,18)11-9(13)6-5-7-10(11)14/h5-7,16H,3-4,8,15H2,1-2H3. The zero-order valence-electron chi connectivity index (χ0n) is 10.9. The molecule has 0 bridgehead atoms. The third-order valence-electron chi connectivity index (χ3n) is 3.28. The Balaban J connectivity index is 3.26. The largest absolute Gasteiger partial charge is 0.329 e. The summed E-state index contributed by atoms with van der Waals surface area (Å²) in [7, 11) is -3.72. The second kappa shape index (κ2) is 6.54. The van der Waals surface area contributed by atoms with Crippen molar-refractivity contribution in [1.29, 1.82) is 0 Å². The lowest BCUT2D eigenvalue weighted by molar-refractivity contribution is 0.363. The Hall–Kier alpha value is -0.140. The van der Waals surface area contributed by atoms with Crippen LogP contribution in [0.15, 0.2) is 27.6 Å². The molecular weight excluding hydrogens is 352 g/mol. The van der Waals surface area contributed by atoms with Crippen LogP contribution in [0.3, 0.4) is 0 Å². The first-order valence-electron chi connectivity index (χ1n) is 6.00. The highest BCUT2D eigenvalue weighted by Crippen LogP contribution is 2.30. The second-order valence-corrected chi connectivity index (χ2v) is 7.23. The summed E-state index contributed by atoms with van der Waals surface area (Å²) in [6.07, 6.45) is 1.22. The van der Waals surface area contributed by atoms with Crippen molar-refractivity contribution in [3.05, 3.63) is 27.7 Å². The normalized spacial score (nSPS) is 12.7. The van der Waals surface area contributed by atoms with E-state index < -0.39 is 15.6 Å². The molecule has 0 saturated heterocycles. The minimum absolute atomic E-state index is 0.0522. The monoisotopic (exact) mass is 368 g/mol. The first kappa shape index (κ1) is 16.9. The lowest BCUT2D eigenvalue weighted by atomic mass is 9.95. The van der Waals surface area contributed by atoms with Gasteiger partial charge in [-0.2, -0.15) is 0 Å². The maximum atomic E-state index is 12.5. The number of nitrogens with two attached hydrogens (primary N) is 1. The Kier molecular flexibility index (Phi) is 5.82. The molecule has 0 radical (unpaired) electrons. The van der Waals surface area contributed by atoms with Gasteiger partial charge in [0.2, 0.25) is 10.0 Å². The number of benzene rings is 1. The van der Waals surface area contributed by atoms with Gasteiger partial charge in [0.05, 0.1) is 5.02 Å². The molecular formula is C12H18BrClN2O2S. The zero-order valence-corrected chi connectivity index (χ0v) is 14.1. The van der Waals surface area contributed by atoms with E-state index in [4.69, 9.17) is 17.3 Å². The molecule has 0 unspecified atom stereocenters. The molecule has 0 atom stereocenters. The van der Waals surface area contributed by atoms with Gasteiger partial charge in [0.15, 0.2) is 0 Å². The van der Waals surface area contributed by atoms with E-state index in [0.717, 1.165) is 0 Å². The van der Waals surface area contributed by atoms with Gasteiger partial charge in [0.25, 0.3) is 0 Å². The number of nitrogens with one attached hydrogen (secondary N) is 1. The molecule has 0 fully saturated rings. The fraction of sp³-hybridized carbons (Fsp3) is 0.500. The van der Waals surface area contributed by atoms with Crippen molar-refractivity contribution in [2.45, 2.75) is 37.1 Å². The molecule has 0 aliphatic heterocycles. The summed E-state index contributed by atoms with van der Waals surface area (Å²) in [6, 6.07) is 4.87. The molecule has 0 saturated carbocycles. The average molecular weight is 370 g/mol. The molecule has 0 aromatic heterocycles. The predicted molar refractivity (Wildman–Crippen MR) is 81.8 cm³/mol. The maximum absolute atomic E-state index is 12.5. The van der Waals surface area contributed by atoms with E-state index in [0.29, 0.717) is 17.3 Å². The van der Waals surface area contributed by atoms with Crippen LogP contribution in [0.2, 0.25) is 5.02 Å². The third-order valence-corrected chi connectivity index (χ3v) is 6.31. The first-order valence-corrected chi connectivity index (χ1v) is 8.65. The molecule has 1 aromatic carbocycles. The lowest BCUT2D eigenvalue weighted by Gasteiger charge is -2.31. The van der Waals surface area contributed by atoms with Crippen LogP contribution in [-0.2, 0) is 10.0 Å². The predicted octanol–water partition coefficient (Wildman–Crippen LogP) is 2.90. The molecule has 0 spiro atoms. The molecule has 0 amide bonds. The highest BCUT2D eigenvalue weighted by molar-refractivity contribution is 9.10. The minimum Gasteiger partial charge on any atom is -0.329 e. The van der Waals surface area contributed by atoms with Crippen LogP contribution in [0, 0.1) is 0 Å². The van der Waals surface area contributed by atoms with Gasteiger partial charge in [0.1, 0.15) is 4.90 Å². The van der Waals surface area contributed by atoms with Gasteiger partial charge in [-0.25, -0.2) is 13.1 Å². The Morgan fingerprint density at radius 3 is 2.37 bits per heavy atom. The first-order chi connectivity index (χ1) is 8.82. The van der Waals surface area contributed by atoms with E-state index in [1.807, 2.05) is 13.8 Å². The summed E-state index contributed by atoms with van der Waals surface area (Å²) >= 11 is 9.21. The SMILES string of the molecule is CCC(CC)(CN)NS(=O)(=O)c1c(Cl)cccc1Br. The lowest BCUT2D eigenvalue weighted by Crippen LogP contribution is -2.52. The van der Waals surface area contributed by atoms with Crippen LogP contribution in [-0.4, -0.2) is 20.5 Å². The Morgan fingerprint density at radius 1 is 1.37 bits per heavy atom. The maximum Gasteiger partial charge on any atom is 0.243 e. The highest BCUT2D eigenvalue weighted by Gasteiger charge is 2.32. The molecule has 7 heteroatoms. The fourth-order valence-corrected chi connectivity index (χ4v) is 5.09. The Morgan fingerprint density at radius 2 is 1.95 bits per heavy atom. The van der Waals surface area contributed by atoms with Crippen molar-refractivity contribution in [2.75, 3.05) is 6.54 Å². The van der Waals surface area contributed by atoms with Gasteiger partial charge in [0, 0.05) is 16.6 Å². The van der Waals surface area contributed by atoms with Crippen LogP contribution < -0.4 is 10.5 Å². The number of halogens is 2. The Bertz CT molecular complexity index is 516. The van der Waals surface area contributed by atoms with Crippen molar-refractivity contribution in [1.82, 2.24) is 4.72 Å². The van der Waals surface area contributed by atoms with E-state index in [9.17, 15) is 8.42 Å². The van der Waals surface area contributed by atoms with Gasteiger partial charge in [-0.05, 0) is 40.9 Å². The van der Waals surface area contributed by atoms with Crippen molar-refractivity contribution in [3.8, 4) is 0 Å². The summed E-state index contributed by atoms with van der Waals surface area (Å²) in [5, 5.41) is 0.181. The summed E-state index contributed by atoms with van der Waals surface area (Å²) in [6.45, 7) is 4.04. The zero-order chi connectivity index (χ0) is 14.7. The van der Waals surface area contributed by atoms with E-state index in [1.165, 1.54) is 0 Å². The van der Waals surface area contributed by atoms with Crippen molar-refractivity contribution >= 4 is 37.6 Å². The van der Waals surface area contributed by atoms with Crippen LogP contribution in [0.4, 0.5) is 0 Å². The second-order valence-electron chi connectivity index (χ2n) is 4.35. The van der Waals surface area contributed by atoms with Crippen LogP contribution in [0.25, 0.3) is 0 Å². The van der Waals surface area contributed by atoms with E-state index in [-0.39, 0.29) is 16.5 Å². The number of sulfonamides is 1. The van der Waals surface area contributed by atoms with Crippen molar-refractivity contribution in [2.24, 2.45) is 5.73 Å². The van der Waals surface area contributed by atoms with E-state index >= 15 is 0 Å². The van der Waals surface area contributed by atoms with E-state index in [1.54, 1.807) is 18.2 Å². The summed E-state index contributed by atoms with van der Waals surface area (Å²) in [4.78, 5) is 0.0522. The molecule has 4 nitrogen and oxygen atoms in total. The molecule has 3 N–H and O–H groups in total. The van der Waals surface area contributed by atoms with Gasteiger partial charge in [-0.1, -0.05) is 31.5 Å². The molecule has 0 aliphatic rings. The van der Waals surface area contributed by atoms with Gasteiger partial charge in [-0.3, -0.25) is 0 Å². The third kappa shape index (κ3) is 3.70. The average Bonchev–Trinajstić information content (AvgIpc) is 2.35.